The van der Waals surface area contributed by atoms with Crippen molar-refractivity contribution in [1.29, 1.82) is 0 Å². The van der Waals surface area contributed by atoms with E-state index in [4.69, 9.17) is 0 Å². The number of nitrogens with zero attached hydrogens (tertiary/aromatic N) is 2. The zero-order valence-electron chi connectivity index (χ0n) is 18.2. The van der Waals surface area contributed by atoms with Crippen LogP contribution in [-0.2, 0) is 15.0 Å². The minimum Gasteiger partial charge on any atom is -0.351 e. The van der Waals surface area contributed by atoms with Crippen LogP contribution in [-0.4, -0.2) is 49.1 Å². The number of carbonyl (C=O) groups is 2. The van der Waals surface area contributed by atoms with E-state index < -0.39 is 22.0 Å². The quantitative estimate of drug-likeness (QED) is 0.511. The number of nitrogens with one attached hydrogen (secondary N) is 2. The van der Waals surface area contributed by atoms with E-state index in [0.29, 0.717) is 28.6 Å². The van der Waals surface area contributed by atoms with E-state index in [1.54, 1.807) is 54.6 Å². The van der Waals surface area contributed by atoms with Gasteiger partial charge in [0.05, 0.1) is 5.52 Å². The van der Waals surface area contributed by atoms with Crippen LogP contribution in [0, 0.1) is 0 Å². The summed E-state index contributed by atoms with van der Waals surface area (Å²) >= 11 is 0. The first-order chi connectivity index (χ1) is 15.3. The van der Waals surface area contributed by atoms with Crippen molar-refractivity contribution in [2.45, 2.75) is 13.3 Å². The minimum atomic E-state index is -3.79. The van der Waals surface area contributed by atoms with E-state index in [9.17, 15) is 18.0 Å². The van der Waals surface area contributed by atoms with Crippen molar-refractivity contribution in [2.24, 2.45) is 0 Å². The molecule has 8 nitrogen and oxygen atoms in total. The van der Waals surface area contributed by atoms with E-state index in [1.165, 1.54) is 26.4 Å². The molecule has 0 bridgehead atoms. The highest BCUT2D eigenvalue weighted by molar-refractivity contribution is 7.87. The Morgan fingerprint density at radius 3 is 2.34 bits per heavy atom. The Kier molecular flexibility index (Phi) is 7.12. The summed E-state index contributed by atoms with van der Waals surface area (Å²) in [5, 5.41) is 6.06. The summed E-state index contributed by atoms with van der Waals surface area (Å²) in [6.45, 7) is 2.36. The fourth-order valence-corrected chi connectivity index (χ4v) is 4.10. The van der Waals surface area contributed by atoms with Crippen LogP contribution < -0.4 is 10.6 Å². The average molecular weight is 455 g/mol. The maximum absolute atomic E-state index is 12.8. The highest BCUT2D eigenvalue weighted by Crippen LogP contribution is 2.25. The molecule has 2 N–H and O–H groups in total. The summed E-state index contributed by atoms with van der Waals surface area (Å²) in [5.74, 6) is -0.892. The molecule has 9 heteroatoms. The molecule has 0 aliphatic rings. The first-order valence-corrected chi connectivity index (χ1v) is 11.5. The summed E-state index contributed by atoms with van der Waals surface area (Å²) < 4.78 is 27.9. The van der Waals surface area contributed by atoms with Crippen molar-refractivity contribution in [3.05, 3.63) is 77.6 Å². The van der Waals surface area contributed by atoms with Gasteiger partial charge in [0.15, 0.2) is 0 Å². The largest absolute Gasteiger partial charge is 0.351 e. The van der Waals surface area contributed by atoms with Gasteiger partial charge in [0.1, 0.15) is 5.70 Å². The molecule has 0 fully saturated rings. The van der Waals surface area contributed by atoms with E-state index in [0.717, 1.165) is 14.7 Å². The van der Waals surface area contributed by atoms with Gasteiger partial charge in [0.2, 0.25) is 0 Å². The zero-order chi connectivity index (χ0) is 23.3. The van der Waals surface area contributed by atoms with Gasteiger partial charge in [-0.1, -0.05) is 43.3 Å². The van der Waals surface area contributed by atoms with Gasteiger partial charge in [0, 0.05) is 43.4 Å². The molecule has 0 atom stereocenters. The van der Waals surface area contributed by atoms with Crippen molar-refractivity contribution in [3.8, 4) is 0 Å². The van der Waals surface area contributed by atoms with Crippen LogP contribution in [0.1, 0.15) is 29.3 Å². The Morgan fingerprint density at radius 1 is 1.03 bits per heavy atom. The number of para-hydroxylation sites is 1. The number of benzene rings is 2. The van der Waals surface area contributed by atoms with Gasteiger partial charge in [-0.2, -0.15) is 12.7 Å². The Labute approximate surface area is 187 Å². The van der Waals surface area contributed by atoms with Crippen LogP contribution in [0.5, 0.6) is 0 Å². The van der Waals surface area contributed by atoms with Crippen LogP contribution >= 0.6 is 0 Å². The summed E-state index contributed by atoms with van der Waals surface area (Å²) in [6, 6.07) is 15.5. The number of amides is 2. The highest BCUT2D eigenvalue weighted by Gasteiger charge is 2.21. The maximum Gasteiger partial charge on any atom is 0.307 e. The van der Waals surface area contributed by atoms with Crippen LogP contribution in [0.4, 0.5) is 0 Å². The van der Waals surface area contributed by atoms with E-state index in [-0.39, 0.29) is 5.70 Å². The summed E-state index contributed by atoms with van der Waals surface area (Å²) in [6.07, 6.45) is 3.67. The molecule has 3 aromatic rings. The van der Waals surface area contributed by atoms with Crippen molar-refractivity contribution >= 4 is 39.0 Å². The monoisotopic (exact) mass is 454 g/mol. The molecule has 0 unspecified atom stereocenters. The lowest BCUT2D eigenvalue weighted by atomic mass is 10.1. The van der Waals surface area contributed by atoms with E-state index in [1.807, 2.05) is 6.92 Å². The molecule has 2 amide bonds. The molecule has 1 aromatic heterocycles. The van der Waals surface area contributed by atoms with Gasteiger partial charge in [-0.25, -0.2) is 3.97 Å². The second-order valence-electron chi connectivity index (χ2n) is 7.32. The number of hydrogen-bond donors (Lipinski definition) is 2. The second-order valence-corrected chi connectivity index (χ2v) is 9.34. The van der Waals surface area contributed by atoms with Gasteiger partial charge in [-0.3, -0.25) is 9.59 Å². The smallest absolute Gasteiger partial charge is 0.307 e. The normalized spacial score (nSPS) is 12.2. The number of hydrogen-bond acceptors (Lipinski definition) is 4. The first-order valence-electron chi connectivity index (χ1n) is 10.1. The molecular weight excluding hydrogens is 428 g/mol. The molecule has 0 aliphatic heterocycles. The Morgan fingerprint density at radius 2 is 1.69 bits per heavy atom. The second kappa shape index (κ2) is 9.80. The van der Waals surface area contributed by atoms with Crippen molar-refractivity contribution in [3.63, 3.8) is 0 Å². The predicted octanol–water partition coefficient (Wildman–Crippen LogP) is 2.59. The molecule has 3 rings (SSSR count). The number of carbonyl (C=O) groups excluding carboxylic acids is 2. The number of fused-ring (bicyclic) bond motifs is 1. The van der Waals surface area contributed by atoms with Crippen LogP contribution in [0.2, 0.25) is 0 Å². The van der Waals surface area contributed by atoms with Crippen molar-refractivity contribution < 1.29 is 18.0 Å². The summed E-state index contributed by atoms with van der Waals surface area (Å²) in [5.41, 5.74) is 1.38. The Bertz CT molecular complexity index is 1260. The average Bonchev–Trinajstić information content (AvgIpc) is 3.16. The molecule has 0 saturated heterocycles. The molecular formula is C23H26N4O4S. The fraction of sp³-hybridized carbons (Fsp3) is 0.217. The SMILES string of the molecule is CCCNC(=O)/C(=C/c1cn(S(=O)(=O)N(C)C)c2ccccc12)NC(=O)c1ccccc1. The Hall–Kier alpha value is -3.43. The van der Waals surface area contributed by atoms with Crippen LogP contribution in [0.25, 0.3) is 17.0 Å². The molecule has 32 heavy (non-hydrogen) atoms. The molecule has 0 spiro atoms. The van der Waals surface area contributed by atoms with Crippen molar-refractivity contribution in [2.75, 3.05) is 20.6 Å². The fourth-order valence-electron chi connectivity index (χ4n) is 3.09. The van der Waals surface area contributed by atoms with Crippen molar-refractivity contribution in [1.82, 2.24) is 18.9 Å². The van der Waals surface area contributed by atoms with Gasteiger partial charge in [-0.15, -0.1) is 0 Å². The summed E-state index contributed by atoms with van der Waals surface area (Å²) in [7, 11) is -0.891. The minimum absolute atomic E-state index is 0.0254. The highest BCUT2D eigenvalue weighted by atomic mass is 32.2. The summed E-state index contributed by atoms with van der Waals surface area (Å²) in [4.78, 5) is 25.5. The first kappa shape index (κ1) is 23.2. The molecule has 0 saturated carbocycles. The molecule has 0 aliphatic carbocycles. The van der Waals surface area contributed by atoms with Crippen LogP contribution in [0.3, 0.4) is 0 Å². The zero-order valence-corrected chi connectivity index (χ0v) is 19.0. The maximum atomic E-state index is 12.8. The Balaban J connectivity index is 2.10. The van der Waals surface area contributed by atoms with Gasteiger partial charge < -0.3 is 10.6 Å². The standard InChI is InChI=1S/C23H26N4O4S/c1-4-14-24-23(29)20(25-22(28)17-10-6-5-7-11-17)15-18-16-27(32(30,31)26(2)3)21-13-9-8-12-19(18)21/h5-13,15-16H,4,14H2,1-3H3,(H,24,29)(H,25,28)/b20-15-. The predicted molar refractivity (Wildman–Crippen MR) is 125 cm³/mol. The topological polar surface area (TPSA) is 101 Å². The molecule has 1 heterocycles. The number of rotatable bonds is 8. The number of aromatic nitrogens is 1. The molecule has 168 valence electrons. The lowest BCUT2D eigenvalue weighted by molar-refractivity contribution is -0.117. The third-order valence-electron chi connectivity index (χ3n) is 4.78. The van der Waals surface area contributed by atoms with Gasteiger partial charge in [-0.05, 0) is 30.7 Å². The lowest BCUT2D eigenvalue weighted by Gasteiger charge is -2.13. The van der Waals surface area contributed by atoms with E-state index in [2.05, 4.69) is 10.6 Å². The third kappa shape index (κ3) is 4.90. The third-order valence-corrected chi connectivity index (χ3v) is 6.51. The van der Waals surface area contributed by atoms with Crippen LogP contribution in [0.15, 0.2) is 66.5 Å². The van der Waals surface area contributed by atoms with E-state index >= 15 is 0 Å². The van der Waals surface area contributed by atoms with Gasteiger partial charge in [0.25, 0.3) is 11.8 Å². The molecule has 2 aromatic carbocycles. The molecule has 0 radical (unpaired) electrons. The van der Waals surface area contributed by atoms with Gasteiger partial charge >= 0.3 is 10.2 Å². The lowest BCUT2D eigenvalue weighted by Crippen LogP contribution is -2.35.